The van der Waals surface area contributed by atoms with Crippen LogP contribution in [-0.2, 0) is 14.3 Å². The fourth-order valence-corrected chi connectivity index (χ4v) is 3.21. The molecule has 1 amide bonds. The van der Waals surface area contributed by atoms with Gasteiger partial charge in [0, 0.05) is 32.2 Å². The van der Waals surface area contributed by atoms with Gasteiger partial charge < -0.3 is 15.4 Å². The van der Waals surface area contributed by atoms with Gasteiger partial charge in [-0.1, -0.05) is 31.2 Å². The summed E-state index contributed by atoms with van der Waals surface area (Å²) in [5.74, 6) is -1.91. The summed E-state index contributed by atoms with van der Waals surface area (Å²) >= 11 is 0. The molecule has 1 aromatic carbocycles. The van der Waals surface area contributed by atoms with Crippen molar-refractivity contribution in [1.82, 2.24) is 15.5 Å². The number of nitrogens with zero attached hydrogens (tertiary/aromatic N) is 1. The summed E-state index contributed by atoms with van der Waals surface area (Å²) in [6.07, 6.45) is -3.89. The molecule has 0 aliphatic carbocycles. The summed E-state index contributed by atoms with van der Waals surface area (Å²) < 4.78 is 41.5. The van der Waals surface area contributed by atoms with Crippen molar-refractivity contribution < 1.29 is 27.5 Å². The molecule has 1 fully saturated rings. The van der Waals surface area contributed by atoms with Crippen molar-refractivity contribution in [3.05, 3.63) is 35.4 Å². The van der Waals surface area contributed by atoms with Crippen LogP contribution in [0.25, 0.3) is 0 Å². The van der Waals surface area contributed by atoms with E-state index in [1.165, 1.54) is 0 Å². The Bertz CT molecular complexity index is 682. The van der Waals surface area contributed by atoms with Crippen LogP contribution in [0.5, 0.6) is 0 Å². The monoisotopic (exact) mass is 445 g/mol. The molecule has 1 saturated heterocycles. The van der Waals surface area contributed by atoms with E-state index < -0.39 is 18.1 Å². The molecule has 0 bridgehead atoms. The van der Waals surface area contributed by atoms with Gasteiger partial charge in [0.25, 0.3) is 6.47 Å². The second kappa shape index (κ2) is 12.0. The molecule has 1 aromatic rings. The average molecular weight is 446 g/mol. The number of hydrogen-bond donors (Lipinski definition) is 2. The molecule has 176 valence electrons. The van der Waals surface area contributed by atoms with Crippen LogP contribution in [0.1, 0.15) is 64.3 Å². The number of halogens is 3. The number of carbonyl (C=O) groups excluding carboxylic acids is 2. The maximum absolute atomic E-state index is 12.3. The molecule has 9 heteroatoms. The third kappa shape index (κ3) is 9.69. The van der Waals surface area contributed by atoms with E-state index >= 15 is 0 Å². The molecule has 2 N–H and O–H groups in total. The first kappa shape index (κ1) is 26.9. The molecule has 0 saturated carbocycles. The van der Waals surface area contributed by atoms with Gasteiger partial charge in [-0.15, -0.1) is 0 Å². The fraction of sp³-hybridized carbons (Fsp3) is 0.636. The van der Waals surface area contributed by atoms with E-state index in [0.717, 1.165) is 38.2 Å². The van der Waals surface area contributed by atoms with E-state index in [4.69, 9.17) is 0 Å². The topological polar surface area (TPSA) is 70.7 Å². The summed E-state index contributed by atoms with van der Waals surface area (Å²) in [4.78, 5) is 23.0. The van der Waals surface area contributed by atoms with Crippen LogP contribution >= 0.6 is 0 Å². The molecule has 1 aliphatic rings. The van der Waals surface area contributed by atoms with Gasteiger partial charge in [0.2, 0.25) is 0 Å². The van der Waals surface area contributed by atoms with Gasteiger partial charge in [0.15, 0.2) is 0 Å². The molecular weight excluding hydrogens is 411 g/mol. The van der Waals surface area contributed by atoms with Crippen molar-refractivity contribution >= 4 is 12.4 Å². The van der Waals surface area contributed by atoms with Gasteiger partial charge in [-0.25, -0.2) is 0 Å². The fourth-order valence-electron chi connectivity index (χ4n) is 3.21. The summed E-state index contributed by atoms with van der Waals surface area (Å²) in [6.45, 7) is 13.5. The van der Waals surface area contributed by atoms with Crippen molar-refractivity contribution in [2.24, 2.45) is 0 Å². The number of ether oxygens (including phenoxy) is 1. The first-order valence-corrected chi connectivity index (χ1v) is 10.4. The van der Waals surface area contributed by atoms with E-state index in [2.05, 4.69) is 21.9 Å². The standard InChI is InChI=1S/C17H24F3N3O.C5H10O2/c1-3-15(23-10-8-21-9-11-23)14-6-4-13(5-7-14)12(2)22-16(24)17(18,19)20;1-5(2,3)7-4-6/h4-7,12,15,21H,3,8-11H2,1-2H3,(H,22,24);4H,1-3H3. The lowest BCUT2D eigenvalue weighted by molar-refractivity contribution is -0.174. The van der Waals surface area contributed by atoms with Crippen LogP contribution in [0.15, 0.2) is 24.3 Å². The molecule has 0 aromatic heterocycles. The number of hydrogen-bond acceptors (Lipinski definition) is 5. The van der Waals surface area contributed by atoms with Crippen LogP contribution in [-0.4, -0.2) is 55.2 Å². The van der Waals surface area contributed by atoms with Crippen molar-refractivity contribution in [3.63, 3.8) is 0 Å². The second-order valence-electron chi connectivity index (χ2n) is 8.40. The Morgan fingerprint density at radius 1 is 1.16 bits per heavy atom. The largest absolute Gasteiger partial charge is 0.471 e. The zero-order chi connectivity index (χ0) is 23.7. The Hall–Kier alpha value is -2.13. The number of nitrogens with one attached hydrogen (secondary N) is 2. The molecule has 2 rings (SSSR count). The van der Waals surface area contributed by atoms with E-state index in [0.29, 0.717) is 18.1 Å². The maximum atomic E-state index is 12.3. The number of carbonyl (C=O) groups is 2. The van der Waals surface area contributed by atoms with Gasteiger partial charge in [0.05, 0.1) is 6.04 Å². The Balaban J connectivity index is 0.000000592. The minimum Gasteiger partial charge on any atom is -0.462 e. The van der Waals surface area contributed by atoms with Gasteiger partial charge in [-0.3, -0.25) is 14.5 Å². The van der Waals surface area contributed by atoms with E-state index in [1.54, 1.807) is 19.1 Å². The van der Waals surface area contributed by atoms with Crippen LogP contribution in [0, 0.1) is 0 Å². The van der Waals surface area contributed by atoms with Crippen LogP contribution in [0.3, 0.4) is 0 Å². The zero-order valence-corrected chi connectivity index (χ0v) is 18.9. The average Bonchev–Trinajstić information content (AvgIpc) is 2.69. The highest BCUT2D eigenvalue weighted by Crippen LogP contribution is 2.26. The number of piperazine rings is 1. The smallest absolute Gasteiger partial charge is 0.462 e. The lowest BCUT2D eigenvalue weighted by Gasteiger charge is -2.34. The van der Waals surface area contributed by atoms with Gasteiger partial charge >= 0.3 is 12.1 Å². The summed E-state index contributed by atoms with van der Waals surface area (Å²) in [5.41, 5.74) is 1.49. The SMILES string of the molecule is CC(C)(C)OC=O.CCC(c1ccc(C(C)NC(=O)C(F)(F)F)cc1)N1CCNCC1. The minimum absolute atomic E-state index is 0.307. The highest BCUT2D eigenvalue weighted by molar-refractivity contribution is 5.82. The van der Waals surface area contributed by atoms with Crippen molar-refractivity contribution in [2.45, 2.75) is 64.9 Å². The number of alkyl halides is 3. The molecule has 1 aliphatic heterocycles. The first-order chi connectivity index (χ1) is 14.4. The van der Waals surface area contributed by atoms with E-state index in [-0.39, 0.29) is 5.60 Å². The molecule has 1 heterocycles. The molecular formula is C22H34F3N3O3. The van der Waals surface area contributed by atoms with Gasteiger partial charge in [0.1, 0.15) is 5.60 Å². The van der Waals surface area contributed by atoms with Gasteiger partial charge in [-0.2, -0.15) is 13.2 Å². The normalized spacial score (nSPS) is 17.0. The molecule has 31 heavy (non-hydrogen) atoms. The van der Waals surface area contributed by atoms with Crippen LogP contribution in [0.2, 0.25) is 0 Å². The summed E-state index contributed by atoms with van der Waals surface area (Å²) in [6, 6.07) is 7.10. The highest BCUT2D eigenvalue weighted by Gasteiger charge is 2.39. The number of rotatable bonds is 6. The Morgan fingerprint density at radius 3 is 2.06 bits per heavy atom. The van der Waals surface area contributed by atoms with Gasteiger partial charge in [-0.05, 0) is 45.2 Å². The minimum atomic E-state index is -4.86. The first-order valence-electron chi connectivity index (χ1n) is 10.4. The lowest BCUT2D eigenvalue weighted by atomic mass is 9.98. The molecule has 0 radical (unpaired) electrons. The molecule has 6 nitrogen and oxygen atoms in total. The van der Waals surface area contributed by atoms with E-state index in [9.17, 15) is 22.8 Å². The van der Waals surface area contributed by atoms with Crippen molar-refractivity contribution in [2.75, 3.05) is 26.2 Å². The number of amides is 1. The van der Waals surface area contributed by atoms with Crippen molar-refractivity contribution in [1.29, 1.82) is 0 Å². The highest BCUT2D eigenvalue weighted by atomic mass is 19.4. The molecule has 2 unspecified atom stereocenters. The predicted molar refractivity (Wildman–Crippen MR) is 113 cm³/mol. The van der Waals surface area contributed by atoms with E-state index in [1.807, 2.05) is 38.2 Å². The Morgan fingerprint density at radius 2 is 1.68 bits per heavy atom. The van der Waals surface area contributed by atoms with Crippen molar-refractivity contribution in [3.8, 4) is 0 Å². The predicted octanol–water partition coefficient (Wildman–Crippen LogP) is 3.74. The quantitative estimate of drug-likeness (QED) is 0.653. The van der Waals surface area contributed by atoms with Crippen LogP contribution < -0.4 is 10.6 Å². The Labute approximate surface area is 182 Å². The molecule has 0 spiro atoms. The Kier molecular flexibility index (Phi) is 10.5. The summed E-state index contributed by atoms with van der Waals surface area (Å²) in [7, 11) is 0. The third-order valence-electron chi connectivity index (χ3n) is 4.81. The molecule has 2 atom stereocenters. The lowest BCUT2D eigenvalue weighted by Crippen LogP contribution is -2.45. The maximum Gasteiger partial charge on any atom is 0.471 e. The summed E-state index contributed by atoms with van der Waals surface area (Å²) in [5, 5.41) is 5.31. The van der Waals surface area contributed by atoms with Crippen LogP contribution in [0.4, 0.5) is 13.2 Å². The zero-order valence-electron chi connectivity index (χ0n) is 18.9. The third-order valence-corrected chi connectivity index (χ3v) is 4.81. The number of benzene rings is 1. The second-order valence-corrected chi connectivity index (χ2v) is 8.40.